The second kappa shape index (κ2) is 8.82. The van der Waals surface area contributed by atoms with Gasteiger partial charge in [-0.15, -0.1) is 0 Å². The molecule has 3 aromatic heterocycles. The molecule has 0 unspecified atom stereocenters. The lowest BCUT2D eigenvalue weighted by Gasteiger charge is -2.13. The molecule has 3 heterocycles. The van der Waals surface area contributed by atoms with Gasteiger partial charge in [-0.2, -0.15) is 26.3 Å². The quantitative estimate of drug-likeness (QED) is 0.390. The Labute approximate surface area is 189 Å². The van der Waals surface area contributed by atoms with Gasteiger partial charge in [0.2, 0.25) is 0 Å². The van der Waals surface area contributed by atoms with Gasteiger partial charge in [0.25, 0.3) is 0 Å². The zero-order chi connectivity index (χ0) is 24.7. The van der Waals surface area contributed by atoms with Crippen LogP contribution in [0, 0.1) is 0 Å². The van der Waals surface area contributed by atoms with Crippen molar-refractivity contribution in [3.63, 3.8) is 0 Å². The van der Waals surface area contributed by atoms with Crippen molar-refractivity contribution in [1.29, 1.82) is 0 Å². The number of rotatable bonds is 7. The third-order valence-corrected chi connectivity index (χ3v) is 5.61. The average molecular weight is 485 g/mol. The van der Waals surface area contributed by atoms with E-state index in [1.165, 1.54) is 18.5 Å². The number of aryl methyl sites for hydroxylation is 1. The number of benzene rings is 1. The highest BCUT2D eigenvalue weighted by Crippen LogP contribution is 2.27. The van der Waals surface area contributed by atoms with Gasteiger partial charge >= 0.3 is 18.0 Å². The van der Waals surface area contributed by atoms with Gasteiger partial charge in [-0.05, 0) is 36.2 Å². The van der Waals surface area contributed by atoms with Crippen LogP contribution >= 0.6 is 0 Å². The standard InChI is InChI=1S/C22H21F6N5O/c23-21(24,25)5-1-7-31-16(9-15-8-14(10-29)2-3-17(15)31)12-32-19-11-30-6-4-18(19)33(20(32)34)13-22(26,27)28/h2-4,6,8-9,11H,1,5,7,10,12-13,29H2. The Balaban J connectivity index is 1.80. The van der Waals surface area contributed by atoms with Gasteiger partial charge in [-0.3, -0.25) is 14.1 Å². The molecule has 0 fully saturated rings. The van der Waals surface area contributed by atoms with Crippen LogP contribution in [0.2, 0.25) is 0 Å². The fourth-order valence-corrected chi connectivity index (χ4v) is 4.15. The van der Waals surface area contributed by atoms with Crippen LogP contribution in [-0.2, 0) is 26.2 Å². The molecule has 0 aliphatic rings. The Bertz CT molecular complexity index is 1380. The summed E-state index contributed by atoms with van der Waals surface area (Å²) in [6, 6.07) is 8.35. The average Bonchev–Trinajstić information content (AvgIpc) is 3.22. The molecule has 0 spiro atoms. The van der Waals surface area contributed by atoms with E-state index >= 15 is 0 Å². The summed E-state index contributed by atoms with van der Waals surface area (Å²) in [6.45, 7) is -1.31. The van der Waals surface area contributed by atoms with Gasteiger partial charge in [-0.1, -0.05) is 6.07 Å². The second-order valence-corrected chi connectivity index (χ2v) is 8.04. The van der Waals surface area contributed by atoms with Crippen LogP contribution in [0.25, 0.3) is 21.9 Å². The summed E-state index contributed by atoms with van der Waals surface area (Å²) in [6.07, 6.45) is -7.51. The molecule has 0 radical (unpaired) electrons. The molecule has 12 heteroatoms. The van der Waals surface area contributed by atoms with E-state index < -0.39 is 31.0 Å². The Kier molecular flexibility index (Phi) is 6.19. The summed E-state index contributed by atoms with van der Waals surface area (Å²) >= 11 is 0. The number of alkyl halides is 6. The van der Waals surface area contributed by atoms with Gasteiger partial charge < -0.3 is 10.3 Å². The smallest absolute Gasteiger partial charge is 0.343 e. The van der Waals surface area contributed by atoms with Gasteiger partial charge in [0, 0.05) is 42.3 Å². The van der Waals surface area contributed by atoms with Crippen LogP contribution < -0.4 is 11.4 Å². The lowest BCUT2D eigenvalue weighted by atomic mass is 10.1. The normalized spacial score (nSPS) is 12.8. The summed E-state index contributed by atoms with van der Waals surface area (Å²) in [7, 11) is 0. The van der Waals surface area contributed by atoms with Crippen molar-refractivity contribution in [3.05, 3.63) is 64.5 Å². The SMILES string of the molecule is NCc1ccc2c(c1)cc(Cn1c(=O)n(CC(F)(F)F)c3ccncc31)n2CCCC(F)(F)F. The van der Waals surface area contributed by atoms with Crippen molar-refractivity contribution in [1.82, 2.24) is 18.7 Å². The van der Waals surface area contributed by atoms with Crippen LogP contribution in [0.15, 0.2) is 47.5 Å². The highest BCUT2D eigenvalue weighted by Gasteiger charge is 2.31. The molecular formula is C22H21F6N5O. The summed E-state index contributed by atoms with van der Waals surface area (Å²) < 4.78 is 81.0. The van der Waals surface area contributed by atoms with Crippen LogP contribution in [0.1, 0.15) is 24.1 Å². The van der Waals surface area contributed by atoms with Crippen LogP contribution in [0.3, 0.4) is 0 Å². The van der Waals surface area contributed by atoms with Gasteiger partial charge in [-0.25, -0.2) is 4.79 Å². The lowest BCUT2D eigenvalue weighted by Crippen LogP contribution is -2.30. The molecule has 4 aromatic rings. The second-order valence-electron chi connectivity index (χ2n) is 8.04. The number of fused-ring (bicyclic) bond motifs is 2. The van der Waals surface area contributed by atoms with E-state index in [-0.39, 0.29) is 37.1 Å². The van der Waals surface area contributed by atoms with E-state index in [9.17, 15) is 31.1 Å². The molecule has 1 aromatic carbocycles. The van der Waals surface area contributed by atoms with E-state index in [0.29, 0.717) is 15.8 Å². The molecule has 0 bridgehead atoms. The zero-order valence-electron chi connectivity index (χ0n) is 17.8. The summed E-state index contributed by atoms with van der Waals surface area (Å²) in [5.41, 5.74) is 7.04. The number of pyridine rings is 1. The number of nitrogens with two attached hydrogens (primary N) is 1. The first kappa shape index (κ1) is 23.9. The first-order valence-corrected chi connectivity index (χ1v) is 10.4. The Morgan fingerprint density at radius 2 is 1.65 bits per heavy atom. The predicted octanol–water partition coefficient (Wildman–Crippen LogP) is 4.56. The molecule has 0 saturated carbocycles. The number of aromatic nitrogens is 4. The molecule has 4 rings (SSSR count). The number of nitrogens with zero attached hydrogens (tertiary/aromatic N) is 4. The largest absolute Gasteiger partial charge is 0.406 e. The van der Waals surface area contributed by atoms with E-state index in [4.69, 9.17) is 5.73 Å². The lowest BCUT2D eigenvalue weighted by molar-refractivity contribution is -0.140. The first-order chi connectivity index (χ1) is 16.0. The Morgan fingerprint density at radius 1 is 0.882 bits per heavy atom. The number of hydrogen-bond acceptors (Lipinski definition) is 3. The minimum absolute atomic E-state index is 0.0223. The van der Waals surface area contributed by atoms with Crippen molar-refractivity contribution >= 4 is 21.9 Å². The minimum atomic E-state index is -4.61. The maximum Gasteiger partial charge on any atom is 0.406 e. The Morgan fingerprint density at radius 3 is 2.32 bits per heavy atom. The van der Waals surface area contributed by atoms with E-state index in [0.717, 1.165) is 15.5 Å². The van der Waals surface area contributed by atoms with Crippen LogP contribution in [-0.4, -0.2) is 31.0 Å². The van der Waals surface area contributed by atoms with E-state index in [2.05, 4.69) is 4.98 Å². The monoisotopic (exact) mass is 485 g/mol. The molecule has 0 atom stereocenters. The summed E-state index contributed by atoms with van der Waals surface area (Å²) in [4.78, 5) is 16.9. The zero-order valence-corrected chi connectivity index (χ0v) is 17.8. The number of imidazole rings is 1. The highest BCUT2D eigenvalue weighted by atomic mass is 19.4. The molecule has 6 nitrogen and oxygen atoms in total. The van der Waals surface area contributed by atoms with Crippen molar-refractivity contribution < 1.29 is 26.3 Å². The van der Waals surface area contributed by atoms with Crippen molar-refractivity contribution in [2.24, 2.45) is 5.73 Å². The number of halogens is 6. The third-order valence-electron chi connectivity index (χ3n) is 5.61. The van der Waals surface area contributed by atoms with E-state index in [1.807, 2.05) is 0 Å². The first-order valence-electron chi connectivity index (χ1n) is 10.4. The molecule has 34 heavy (non-hydrogen) atoms. The molecule has 0 saturated heterocycles. The van der Waals surface area contributed by atoms with Gasteiger partial charge in [0.05, 0.1) is 23.8 Å². The van der Waals surface area contributed by atoms with Crippen molar-refractivity contribution in [2.45, 2.75) is 51.4 Å². The molecule has 2 N–H and O–H groups in total. The minimum Gasteiger partial charge on any atom is -0.343 e. The summed E-state index contributed by atoms with van der Waals surface area (Å²) in [5, 5.41) is 0.718. The van der Waals surface area contributed by atoms with Crippen molar-refractivity contribution in [3.8, 4) is 0 Å². The number of hydrogen-bond donors (Lipinski definition) is 1. The summed E-state index contributed by atoms with van der Waals surface area (Å²) in [5.74, 6) is 0. The predicted molar refractivity (Wildman–Crippen MR) is 114 cm³/mol. The van der Waals surface area contributed by atoms with Crippen LogP contribution in [0.5, 0.6) is 0 Å². The maximum absolute atomic E-state index is 13.1. The molecule has 0 aliphatic carbocycles. The van der Waals surface area contributed by atoms with Crippen molar-refractivity contribution in [2.75, 3.05) is 0 Å². The molecule has 182 valence electrons. The highest BCUT2D eigenvalue weighted by molar-refractivity contribution is 5.82. The molecule has 0 aliphatic heterocycles. The molecule has 0 amide bonds. The topological polar surface area (TPSA) is 70.8 Å². The van der Waals surface area contributed by atoms with E-state index in [1.54, 1.807) is 28.8 Å². The van der Waals surface area contributed by atoms with Gasteiger partial charge in [0.15, 0.2) is 0 Å². The van der Waals surface area contributed by atoms with Crippen LogP contribution in [0.4, 0.5) is 26.3 Å². The van der Waals surface area contributed by atoms with Gasteiger partial charge in [0.1, 0.15) is 6.54 Å². The fourth-order valence-electron chi connectivity index (χ4n) is 4.15. The fraction of sp³-hybridized carbons (Fsp3) is 0.364. The Hall–Kier alpha value is -3.28. The maximum atomic E-state index is 13.1. The third kappa shape index (κ3) is 4.96. The molecular weight excluding hydrogens is 464 g/mol.